The Bertz CT molecular complexity index is 509. The molecule has 1 aliphatic rings. The fourth-order valence-electron chi connectivity index (χ4n) is 1.35. The molecule has 0 spiro atoms. The lowest BCUT2D eigenvalue weighted by Crippen LogP contribution is -2.21. The van der Waals surface area contributed by atoms with Crippen molar-refractivity contribution in [3.8, 4) is 0 Å². The number of hydrogen-bond acceptors (Lipinski definition) is 5. The van der Waals surface area contributed by atoms with Gasteiger partial charge in [-0.3, -0.25) is 10.6 Å². The van der Waals surface area contributed by atoms with Gasteiger partial charge >= 0.3 is 0 Å². The third-order valence-electron chi connectivity index (χ3n) is 1.91. The molecule has 0 atom stereocenters. The Labute approximate surface area is 80.1 Å². The molecule has 0 saturated carbocycles. The summed E-state index contributed by atoms with van der Waals surface area (Å²) in [5.41, 5.74) is 2.55. The number of amides is 1. The molecule has 1 aromatic rings. The third kappa shape index (κ3) is 1.06. The maximum atomic E-state index is 11.4. The average molecular weight is 213 g/mol. The molecule has 0 radical (unpaired) electrons. The van der Waals surface area contributed by atoms with Crippen molar-refractivity contribution in [3.63, 3.8) is 0 Å². The van der Waals surface area contributed by atoms with Crippen molar-refractivity contribution in [3.05, 3.63) is 23.8 Å². The number of fused-ring (bicyclic) bond motifs is 1. The quantitative estimate of drug-likeness (QED) is 0.427. The van der Waals surface area contributed by atoms with Gasteiger partial charge in [-0.15, -0.1) is 0 Å². The molecule has 0 saturated heterocycles. The van der Waals surface area contributed by atoms with Crippen LogP contribution in [0, 0.1) is 0 Å². The van der Waals surface area contributed by atoms with Gasteiger partial charge in [0.05, 0.1) is 11.3 Å². The van der Waals surface area contributed by atoms with Gasteiger partial charge in [0, 0.05) is 0 Å². The number of benzene rings is 1. The fraction of sp³-hybridized carbons (Fsp3) is 0. The van der Waals surface area contributed by atoms with Crippen molar-refractivity contribution in [2.75, 3.05) is 5.43 Å². The predicted molar refractivity (Wildman–Crippen MR) is 48.9 cm³/mol. The van der Waals surface area contributed by atoms with Gasteiger partial charge in [-0.2, -0.15) is 0 Å². The molecule has 7 heteroatoms. The minimum absolute atomic E-state index is 0.0903. The summed E-state index contributed by atoms with van der Waals surface area (Å²) in [7, 11) is -3.74. The number of carbonyl (C=O) groups excluding carboxylic acids is 1. The van der Waals surface area contributed by atoms with E-state index in [4.69, 9.17) is 5.84 Å². The summed E-state index contributed by atoms with van der Waals surface area (Å²) in [4.78, 5) is 11.1. The monoisotopic (exact) mass is 213 g/mol. The number of nitrogens with one attached hydrogen (secondary N) is 2. The van der Waals surface area contributed by atoms with Gasteiger partial charge in [0.15, 0.2) is 0 Å². The molecule has 6 nitrogen and oxygen atoms in total. The van der Waals surface area contributed by atoms with Crippen LogP contribution in [-0.4, -0.2) is 14.3 Å². The SMILES string of the molecule is NNc1cccc2c1S(=O)(=O)NC2=O. The van der Waals surface area contributed by atoms with Gasteiger partial charge in [0.25, 0.3) is 15.9 Å². The van der Waals surface area contributed by atoms with E-state index in [-0.39, 0.29) is 16.1 Å². The van der Waals surface area contributed by atoms with E-state index in [0.29, 0.717) is 0 Å². The Balaban J connectivity index is 2.82. The lowest BCUT2D eigenvalue weighted by atomic mass is 10.2. The standard InChI is InChI=1S/C7H7N3O3S/c8-9-5-3-1-2-4-6(5)14(12,13)10-7(4)11/h1-3,9H,8H2,(H,10,11). The van der Waals surface area contributed by atoms with E-state index in [9.17, 15) is 13.2 Å². The van der Waals surface area contributed by atoms with Gasteiger partial charge < -0.3 is 5.43 Å². The van der Waals surface area contributed by atoms with E-state index in [1.165, 1.54) is 12.1 Å². The lowest BCUT2D eigenvalue weighted by molar-refractivity contribution is 0.0985. The van der Waals surface area contributed by atoms with Crippen molar-refractivity contribution in [1.29, 1.82) is 0 Å². The number of sulfonamides is 1. The predicted octanol–water partition coefficient (Wildman–Crippen LogP) is -0.596. The summed E-state index contributed by atoms with van der Waals surface area (Å²) >= 11 is 0. The number of anilines is 1. The Hall–Kier alpha value is -1.60. The van der Waals surface area contributed by atoms with Crippen molar-refractivity contribution in [1.82, 2.24) is 4.72 Å². The third-order valence-corrected chi connectivity index (χ3v) is 3.34. The summed E-state index contributed by atoms with van der Waals surface area (Å²) < 4.78 is 24.7. The highest BCUT2D eigenvalue weighted by Gasteiger charge is 2.34. The molecule has 0 fully saturated rings. The van der Waals surface area contributed by atoms with Gasteiger partial charge in [-0.1, -0.05) is 6.07 Å². The minimum Gasteiger partial charge on any atom is -0.323 e. The highest BCUT2D eigenvalue weighted by molar-refractivity contribution is 7.90. The highest BCUT2D eigenvalue weighted by Crippen LogP contribution is 2.28. The van der Waals surface area contributed by atoms with E-state index in [2.05, 4.69) is 5.43 Å². The van der Waals surface area contributed by atoms with Gasteiger partial charge in [0.1, 0.15) is 4.90 Å². The van der Waals surface area contributed by atoms with Crippen LogP contribution in [0.5, 0.6) is 0 Å². The summed E-state index contributed by atoms with van der Waals surface area (Å²) in [6, 6.07) is 4.46. The van der Waals surface area contributed by atoms with Crippen molar-refractivity contribution in [2.45, 2.75) is 4.90 Å². The van der Waals surface area contributed by atoms with Gasteiger partial charge in [-0.05, 0) is 12.1 Å². The Morgan fingerprint density at radius 2 is 2.07 bits per heavy atom. The van der Waals surface area contributed by atoms with Crippen molar-refractivity contribution >= 4 is 21.6 Å². The molecule has 1 aromatic carbocycles. The smallest absolute Gasteiger partial charge is 0.267 e. The van der Waals surface area contributed by atoms with Gasteiger partial charge in [-0.25, -0.2) is 13.1 Å². The molecule has 4 N–H and O–H groups in total. The molecule has 0 bridgehead atoms. The molecule has 14 heavy (non-hydrogen) atoms. The molecule has 74 valence electrons. The fourth-order valence-corrected chi connectivity index (χ4v) is 2.67. The van der Waals surface area contributed by atoms with Crippen LogP contribution < -0.4 is 16.0 Å². The number of nitrogens with two attached hydrogens (primary N) is 1. The normalized spacial score (nSPS) is 17.4. The maximum Gasteiger partial charge on any atom is 0.267 e. The first-order valence-electron chi connectivity index (χ1n) is 3.73. The number of carbonyl (C=O) groups is 1. The second-order valence-electron chi connectivity index (χ2n) is 2.76. The number of hydrazine groups is 1. The van der Waals surface area contributed by atoms with Crippen LogP contribution in [0.4, 0.5) is 5.69 Å². The molecule has 0 aliphatic carbocycles. The second-order valence-corrected chi connectivity index (χ2v) is 4.38. The highest BCUT2D eigenvalue weighted by atomic mass is 32.2. The molecule has 1 amide bonds. The summed E-state index contributed by atoms with van der Waals surface area (Å²) in [6.45, 7) is 0. The Morgan fingerprint density at radius 3 is 2.71 bits per heavy atom. The minimum atomic E-state index is -3.74. The van der Waals surface area contributed by atoms with E-state index in [1.807, 2.05) is 4.72 Å². The first-order valence-corrected chi connectivity index (χ1v) is 5.21. The molecule has 1 aliphatic heterocycles. The van der Waals surface area contributed by atoms with Crippen molar-refractivity contribution in [2.24, 2.45) is 5.84 Å². The van der Waals surface area contributed by atoms with Crippen LogP contribution >= 0.6 is 0 Å². The van der Waals surface area contributed by atoms with Crippen LogP contribution in [0.25, 0.3) is 0 Å². The molecular weight excluding hydrogens is 206 g/mol. The van der Waals surface area contributed by atoms with Crippen molar-refractivity contribution < 1.29 is 13.2 Å². The summed E-state index contributed by atoms with van der Waals surface area (Å²) in [6.07, 6.45) is 0. The Morgan fingerprint density at radius 1 is 1.36 bits per heavy atom. The van der Waals surface area contributed by atoms with Crippen LogP contribution in [0.15, 0.2) is 23.1 Å². The Kier molecular flexibility index (Phi) is 1.73. The van der Waals surface area contributed by atoms with E-state index in [0.717, 1.165) is 0 Å². The number of rotatable bonds is 1. The summed E-state index contributed by atoms with van der Waals surface area (Å²) in [5.74, 6) is 4.51. The second kappa shape index (κ2) is 2.69. The van der Waals surface area contributed by atoms with Crippen LogP contribution in [0.1, 0.15) is 10.4 Å². The van der Waals surface area contributed by atoms with Crippen LogP contribution in [-0.2, 0) is 10.0 Å². The number of hydrogen-bond donors (Lipinski definition) is 3. The summed E-state index contributed by atoms with van der Waals surface area (Å²) in [5, 5.41) is 0. The number of nitrogen functional groups attached to an aromatic ring is 1. The van der Waals surface area contributed by atoms with Crippen LogP contribution in [0.2, 0.25) is 0 Å². The zero-order chi connectivity index (χ0) is 10.3. The van der Waals surface area contributed by atoms with E-state index >= 15 is 0 Å². The zero-order valence-corrected chi connectivity index (χ0v) is 7.76. The first-order chi connectivity index (χ1) is 6.56. The molecule has 1 heterocycles. The largest absolute Gasteiger partial charge is 0.323 e. The molecule has 0 aromatic heterocycles. The molecule has 0 unspecified atom stereocenters. The first kappa shape index (κ1) is 8.97. The molecule has 2 rings (SSSR count). The maximum absolute atomic E-state index is 11.4. The molecular formula is C7H7N3O3S. The van der Waals surface area contributed by atoms with E-state index in [1.54, 1.807) is 6.07 Å². The topological polar surface area (TPSA) is 101 Å². The lowest BCUT2D eigenvalue weighted by Gasteiger charge is -2.03. The average Bonchev–Trinajstić information content (AvgIpc) is 2.38. The van der Waals surface area contributed by atoms with Gasteiger partial charge in [0.2, 0.25) is 0 Å². The van der Waals surface area contributed by atoms with E-state index < -0.39 is 15.9 Å². The zero-order valence-electron chi connectivity index (χ0n) is 6.94. The van der Waals surface area contributed by atoms with Crippen LogP contribution in [0.3, 0.4) is 0 Å².